The molecule has 0 radical (unpaired) electrons. The number of rotatable bonds is 1. The second-order valence-corrected chi connectivity index (χ2v) is 5.74. The lowest BCUT2D eigenvalue weighted by atomic mass is 10.0. The molecule has 2 fully saturated rings. The first-order valence-corrected chi connectivity index (χ1v) is 7.52. The van der Waals surface area contributed by atoms with E-state index in [2.05, 4.69) is 9.97 Å². The predicted octanol–water partition coefficient (Wildman–Crippen LogP) is 2.96. The first-order valence-electron chi connectivity index (χ1n) is 7.52. The van der Waals surface area contributed by atoms with Crippen LogP contribution in [0.4, 0.5) is 0 Å². The topological polar surface area (TPSA) is 46.1 Å². The largest absolute Gasteiger partial charge is 0.337 e. The Morgan fingerprint density at radius 2 is 1.62 bits per heavy atom. The Balaban J connectivity index is 1.54. The third-order valence-electron chi connectivity index (χ3n) is 4.32. The van der Waals surface area contributed by atoms with E-state index < -0.39 is 0 Å². The summed E-state index contributed by atoms with van der Waals surface area (Å²) < 4.78 is 0. The number of nitrogens with zero attached hydrogens (tertiary/aromatic N) is 3. The van der Waals surface area contributed by atoms with Gasteiger partial charge in [-0.2, -0.15) is 0 Å². The molecular weight excluding hydrogens is 262 g/mol. The Morgan fingerprint density at radius 1 is 0.952 bits per heavy atom. The van der Waals surface area contributed by atoms with Crippen LogP contribution in [0.25, 0.3) is 11.0 Å². The third kappa shape index (κ3) is 2.42. The van der Waals surface area contributed by atoms with Gasteiger partial charge in [-0.1, -0.05) is 23.3 Å². The molecule has 2 heterocycles. The zero-order chi connectivity index (χ0) is 14.2. The summed E-state index contributed by atoms with van der Waals surface area (Å²) in [5, 5.41) is 0. The molecule has 2 aromatic rings. The minimum atomic E-state index is 0.00750. The first-order chi connectivity index (χ1) is 10.3. The Kier molecular flexibility index (Phi) is 2.95. The van der Waals surface area contributed by atoms with E-state index in [4.69, 9.17) is 0 Å². The van der Waals surface area contributed by atoms with Crippen LogP contribution in [0, 0.1) is 0 Å². The fraction of sp³-hybridized carbons (Fsp3) is 0.353. The highest BCUT2D eigenvalue weighted by Gasteiger charge is 2.25. The van der Waals surface area contributed by atoms with Crippen molar-refractivity contribution in [1.29, 1.82) is 0 Å². The van der Waals surface area contributed by atoms with Crippen molar-refractivity contribution in [1.82, 2.24) is 14.9 Å². The lowest BCUT2D eigenvalue weighted by Gasteiger charge is -2.28. The zero-order valence-corrected chi connectivity index (χ0v) is 11.9. The van der Waals surface area contributed by atoms with Crippen LogP contribution in [0.5, 0.6) is 0 Å². The number of fused-ring (bicyclic) bond motifs is 1. The molecule has 2 aliphatic rings. The number of benzene rings is 1. The van der Waals surface area contributed by atoms with Crippen LogP contribution in [-0.2, 0) is 0 Å². The molecule has 0 unspecified atom stereocenters. The van der Waals surface area contributed by atoms with Crippen molar-refractivity contribution >= 4 is 16.9 Å². The maximum Gasteiger partial charge on any atom is 0.274 e. The normalized spacial score (nSPS) is 18.2. The third-order valence-corrected chi connectivity index (χ3v) is 4.32. The van der Waals surface area contributed by atoms with Gasteiger partial charge in [0, 0.05) is 13.1 Å². The minimum Gasteiger partial charge on any atom is -0.337 e. The van der Waals surface area contributed by atoms with Crippen LogP contribution < -0.4 is 0 Å². The molecule has 1 aliphatic carbocycles. The number of aromatic nitrogens is 2. The summed E-state index contributed by atoms with van der Waals surface area (Å²) in [6.07, 6.45) is 6.21. The first kappa shape index (κ1) is 12.5. The number of para-hydroxylation sites is 2. The summed E-state index contributed by atoms with van der Waals surface area (Å²) in [6, 6.07) is 7.65. The number of amides is 1. The standard InChI is InChI=1S/C17H17N3O/c21-17(20-9-7-13(8-10-20)12-5-6-12)16-11-18-14-3-1-2-4-15(14)19-16/h1-4,11H,5-10H2. The van der Waals surface area contributed by atoms with Crippen LogP contribution in [0.1, 0.15) is 36.2 Å². The lowest BCUT2D eigenvalue weighted by molar-refractivity contribution is 0.0737. The number of hydrogen-bond acceptors (Lipinski definition) is 3. The highest BCUT2D eigenvalue weighted by molar-refractivity contribution is 5.93. The smallest absolute Gasteiger partial charge is 0.274 e. The summed E-state index contributed by atoms with van der Waals surface area (Å²) in [4.78, 5) is 23.2. The van der Waals surface area contributed by atoms with Crippen LogP contribution in [0.15, 0.2) is 41.6 Å². The minimum absolute atomic E-state index is 0.00750. The van der Waals surface area contributed by atoms with Gasteiger partial charge in [0.1, 0.15) is 5.69 Å². The second-order valence-electron chi connectivity index (χ2n) is 5.74. The average Bonchev–Trinajstić information content (AvgIpc) is 3.39. The summed E-state index contributed by atoms with van der Waals surface area (Å²) >= 11 is 0. The second kappa shape index (κ2) is 4.95. The van der Waals surface area contributed by atoms with Gasteiger partial charge in [-0.25, -0.2) is 4.98 Å². The molecule has 1 saturated carbocycles. The van der Waals surface area contributed by atoms with Gasteiger partial charge < -0.3 is 4.90 Å². The van der Waals surface area contributed by atoms with Gasteiger partial charge in [0.25, 0.3) is 5.91 Å². The highest BCUT2D eigenvalue weighted by atomic mass is 16.2. The monoisotopic (exact) mass is 279 g/mol. The summed E-state index contributed by atoms with van der Waals surface area (Å²) in [7, 11) is 0. The summed E-state index contributed by atoms with van der Waals surface area (Å²) in [5.74, 6) is 0.00750. The molecule has 1 amide bonds. The highest BCUT2D eigenvalue weighted by Crippen LogP contribution is 2.36. The molecule has 106 valence electrons. The Labute approximate surface area is 123 Å². The zero-order valence-electron chi connectivity index (χ0n) is 11.9. The number of likely N-dealkylation sites (tertiary alicyclic amines) is 1. The van der Waals surface area contributed by atoms with Crippen molar-refractivity contribution < 1.29 is 4.79 Å². The summed E-state index contributed by atoms with van der Waals surface area (Å²) in [6.45, 7) is 1.62. The molecule has 0 N–H and O–H groups in total. The van der Waals surface area contributed by atoms with E-state index in [1.54, 1.807) is 17.3 Å². The van der Waals surface area contributed by atoms with Crippen molar-refractivity contribution in [2.24, 2.45) is 0 Å². The van der Waals surface area contributed by atoms with Crippen molar-refractivity contribution in [2.45, 2.75) is 25.7 Å². The van der Waals surface area contributed by atoms with E-state index in [0.29, 0.717) is 5.69 Å². The van der Waals surface area contributed by atoms with Gasteiger partial charge in [0.05, 0.1) is 17.2 Å². The quantitative estimate of drug-likeness (QED) is 0.754. The predicted molar refractivity (Wildman–Crippen MR) is 80.9 cm³/mol. The van der Waals surface area contributed by atoms with Crippen molar-refractivity contribution in [2.75, 3.05) is 13.1 Å². The van der Waals surface area contributed by atoms with E-state index in [1.165, 1.54) is 12.8 Å². The molecule has 0 spiro atoms. The Morgan fingerprint density at radius 3 is 2.33 bits per heavy atom. The van der Waals surface area contributed by atoms with Gasteiger partial charge in [-0.05, 0) is 37.8 Å². The average molecular weight is 279 g/mol. The van der Waals surface area contributed by atoms with E-state index >= 15 is 0 Å². The molecule has 1 aromatic heterocycles. The van der Waals surface area contributed by atoms with E-state index in [-0.39, 0.29) is 5.91 Å². The van der Waals surface area contributed by atoms with Crippen molar-refractivity contribution in [3.8, 4) is 0 Å². The molecule has 1 aliphatic heterocycles. The molecule has 0 atom stereocenters. The van der Waals surface area contributed by atoms with Gasteiger partial charge >= 0.3 is 0 Å². The summed E-state index contributed by atoms with van der Waals surface area (Å²) in [5.41, 5.74) is 5.28. The molecule has 4 rings (SSSR count). The molecule has 0 bridgehead atoms. The van der Waals surface area contributed by atoms with Crippen molar-refractivity contribution in [3.63, 3.8) is 0 Å². The maximum atomic E-state index is 12.5. The lowest BCUT2D eigenvalue weighted by Crippen LogP contribution is -2.36. The Hall–Kier alpha value is -2.23. The SMILES string of the molecule is O=C(c1cnc2ccccc2n1)N1CCC(=C2CC2)CC1. The molecule has 21 heavy (non-hydrogen) atoms. The molecule has 4 heteroatoms. The number of hydrogen-bond donors (Lipinski definition) is 0. The van der Waals surface area contributed by atoms with Gasteiger partial charge in [-0.15, -0.1) is 0 Å². The number of piperidine rings is 1. The van der Waals surface area contributed by atoms with Gasteiger partial charge in [0.2, 0.25) is 0 Å². The van der Waals surface area contributed by atoms with E-state index in [0.717, 1.165) is 37.0 Å². The molecular formula is C17H17N3O. The maximum absolute atomic E-state index is 12.5. The van der Waals surface area contributed by atoms with Gasteiger partial charge in [-0.3, -0.25) is 9.78 Å². The fourth-order valence-corrected chi connectivity index (χ4v) is 2.97. The number of carbonyl (C=O) groups excluding carboxylic acids is 1. The van der Waals surface area contributed by atoms with E-state index in [9.17, 15) is 4.79 Å². The van der Waals surface area contributed by atoms with Crippen LogP contribution >= 0.6 is 0 Å². The van der Waals surface area contributed by atoms with E-state index in [1.807, 2.05) is 29.2 Å². The molecule has 4 nitrogen and oxygen atoms in total. The number of carbonyl (C=O) groups is 1. The number of allylic oxidation sites excluding steroid dienone is 1. The molecule has 1 aromatic carbocycles. The van der Waals surface area contributed by atoms with Crippen LogP contribution in [0.2, 0.25) is 0 Å². The van der Waals surface area contributed by atoms with Gasteiger partial charge in [0.15, 0.2) is 0 Å². The van der Waals surface area contributed by atoms with Crippen molar-refractivity contribution in [3.05, 3.63) is 47.3 Å². The van der Waals surface area contributed by atoms with Crippen LogP contribution in [0.3, 0.4) is 0 Å². The molecule has 1 saturated heterocycles. The fourth-order valence-electron chi connectivity index (χ4n) is 2.97. The Bertz CT molecular complexity index is 735. The van der Waals surface area contributed by atoms with Crippen LogP contribution in [-0.4, -0.2) is 33.9 Å².